The Bertz CT molecular complexity index is 1030. The lowest BCUT2D eigenvalue weighted by Crippen LogP contribution is -2.15. The van der Waals surface area contributed by atoms with Crippen LogP contribution in [0.5, 0.6) is 5.75 Å². The van der Waals surface area contributed by atoms with Crippen molar-refractivity contribution in [2.24, 2.45) is 0 Å². The monoisotopic (exact) mass is 403 g/mol. The molecular formula is C19H17NO5S2. The molecule has 6 nitrogen and oxygen atoms in total. The number of sulfonamides is 1. The number of methoxy groups -OCH3 is 1. The molecule has 3 aromatic rings. The lowest BCUT2D eigenvalue weighted by atomic mass is 10.2. The number of hydrogen-bond acceptors (Lipinski definition) is 6. The molecule has 0 amide bonds. The third-order valence-electron chi connectivity index (χ3n) is 3.66. The van der Waals surface area contributed by atoms with E-state index in [4.69, 9.17) is 9.47 Å². The van der Waals surface area contributed by atoms with Crippen LogP contribution in [0.15, 0.2) is 70.3 Å². The Labute approximate surface area is 161 Å². The highest BCUT2D eigenvalue weighted by Gasteiger charge is 2.20. The molecule has 1 aromatic heterocycles. The molecule has 8 heteroatoms. The molecule has 0 atom stereocenters. The molecular weight excluding hydrogens is 386 g/mol. The van der Waals surface area contributed by atoms with Gasteiger partial charge < -0.3 is 9.47 Å². The Morgan fingerprint density at radius 1 is 1.07 bits per heavy atom. The second-order valence-electron chi connectivity index (χ2n) is 5.51. The topological polar surface area (TPSA) is 81.7 Å². The Balaban J connectivity index is 1.76. The van der Waals surface area contributed by atoms with Crippen molar-refractivity contribution in [1.29, 1.82) is 0 Å². The van der Waals surface area contributed by atoms with Crippen molar-refractivity contribution in [1.82, 2.24) is 0 Å². The molecule has 0 aliphatic heterocycles. The lowest BCUT2D eigenvalue weighted by Gasteiger charge is -2.12. The zero-order valence-electron chi connectivity index (χ0n) is 14.4. The standard InChI is InChI=1S/C19H17NO5S2/c1-24-15-7-4-6-14(12-15)13-25-19(21)16-8-2-3-9-17(16)20-27(22,23)18-10-5-11-26-18/h2-12,20H,13H2,1H3. The van der Waals surface area contributed by atoms with Crippen LogP contribution in [0.2, 0.25) is 0 Å². The third-order valence-corrected chi connectivity index (χ3v) is 6.42. The minimum Gasteiger partial charge on any atom is -0.497 e. The molecule has 0 aliphatic carbocycles. The molecule has 0 bridgehead atoms. The fourth-order valence-corrected chi connectivity index (χ4v) is 4.42. The van der Waals surface area contributed by atoms with Crippen LogP contribution in [-0.2, 0) is 21.4 Å². The number of nitrogens with one attached hydrogen (secondary N) is 1. The fraction of sp³-hybridized carbons (Fsp3) is 0.105. The Morgan fingerprint density at radius 2 is 1.89 bits per heavy atom. The van der Waals surface area contributed by atoms with Gasteiger partial charge in [-0.1, -0.05) is 30.3 Å². The third kappa shape index (κ3) is 4.66. The molecule has 0 unspecified atom stereocenters. The second-order valence-corrected chi connectivity index (χ2v) is 8.37. The molecule has 27 heavy (non-hydrogen) atoms. The quantitative estimate of drug-likeness (QED) is 0.605. The van der Waals surface area contributed by atoms with Gasteiger partial charge in [-0.05, 0) is 41.3 Å². The molecule has 2 aromatic carbocycles. The van der Waals surface area contributed by atoms with Crippen molar-refractivity contribution in [2.75, 3.05) is 11.8 Å². The molecule has 1 heterocycles. The van der Waals surface area contributed by atoms with Crippen LogP contribution in [0.1, 0.15) is 15.9 Å². The van der Waals surface area contributed by atoms with Gasteiger partial charge in [-0.25, -0.2) is 13.2 Å². The normalized spacial score (nSPS) is 11.0. The number of carbonyl (C=O) groups is 1. The van der Waals surface area contributed by atoms with E-state index >= 15 is 0 Å². The fourth-order valence-electron chi connectivity index (χ4n) is 2.35. The maximum Gasteiger partial charge on any atom is 0.340 e. The first-order valence-corrected chi connectivity index (χ1v) is 10.3. The number of anilines is 1. The number of carbonyl (C=O) groups excluding carboxylic acids is 1. The summed E-state index contributed by atoms with van der Waals surface area (Å²) in [4.78, 5) is 12.5. The van der Waals surface area contributed by atoms with Gasteiger partial charge in [-0.3, -0.25) is 4.72 Å². The van der Waals surface area contributed by atoms with Crippen molar-refractivity contribution in [3.63, 3.8) is 0 Å². The van der Waals surface area contributed by atoms with Gasteiger partial charge in [0.2, 0.25) is 0 Å². The van der Waals surface area contributed by atoms with Gasteiger partial charge in [0.15, 0.2) is 0 Å². The number of hydrogen-bond donors (Lipinski definition) is 1. The van der Waals surface area contributed by atoms with Crippen molar-refractivity contribution in [3.8, 4) is 5.75 Å². The van der Waals surface area contributed by atoms with Crippen molar-refractivity contribution in [2.45, 2.75) is 10.8 Å². The highest BCUT2D eigenvalue weighted by Crippen LogP contribution is 2.24. The van der Waals surface area contributed by atoms with E-state index in [1.807, 2.05) is 0 Å². The van der Waals surface area contributed by atoms with Crippen molar-refractivity contribution < 1.29 is 22.7 Å². The van der Waals surface area contributed by atoms with Crippen LogP contribution in [0.3, 0.4) is 0 Å². The summed E-state index contributed by atoms with van der Waals surface area (Å²) < 4.78 is 37.9. The summed E-state index contributed by atoms with van der Waals surface area (Å²) in [7, 11) is -2.20. The van der Waals surface area contributed by atoms with Crippen LogP contribution in [0.25, 0.3) is 0 Å². The van der Waals surface area contributed by atoms with E-state index in [2.05, 4.69) is 4.72 Å². The smallest absolute Gasteiger partial charge is 0.340 e. The highest BCUT2D eigenvalue weighted by atomic mass is 32.2. The zero-order chi connectivity index (χ0) is 19.3. The largest absolute Gasteiger partial charge is 0.497 e. The van der Waals surface area contributed by atoms with Crippen LogP contribution in [0, 0.1) is 0 Å². The molecule has 0 fully saturated rings. The van der Waals surface area contributed by atoms with E-state index in [-0.39, 0.29) is 22.1 Å². The summed E-state index contributed by atoms with van der Waals surface area (Å²) >= 11 is 1.10. The van der Waals surface area contributed by atoms with Gasteiger partial charge in [0, 0.05) is 0 Å². The van der Waals surface area contributed by atoms with Crippen LogP contribution in [0.4, 0.5) is 5.69 Å². The van der Waals surface area contributed by atoms with Crippen LogP contribution >= 0.6 is 11.3 Å². The Hall–Kier alpha value is -2.84. The number of ether oxygens (including phenoxy) is 2. The Morgan fingerprint density at radius 3 is 2.63 bits per heavy atom. The van der Waals surface area contributed by atoms with E-state index in [0.717, 1.165) is 16.9 Å². The number of para-hydroxylation sites is 1. The summed E-state index contributed by atoms with van der Waals surface area (Å²) in [6, 6.07) is 16.6. The van der Waals surface area contributed by atoms with Gasteiger partial charge in [-0.2, -0.15) is 0 Å². The number of rotatable bonds is 7. The Kier molecular flexibility index (Phi) is 5.78. The van der Waals surface area contributed by atoms with Gasteiger partial charge in [0.25, 0.3) is 10.0 Å². The van der Waals surface area contributed by atoms with E-state index in [9.17, 15) is 13.2 Å². The maximum atomic E-state index is 12.5. The van der Waals surface area contributed by atoms with E-state index < -0.39 is 16.0 Å². The zero-order valence-corrected chi connectivity index (χ0v) is 16.0. The molecule has 0 aliphatic rings. The van der Waals surface area contributed by atoms with Crippen LogP contribution < -0.4 is 9.46 Å². The summed E-state index contributed by atoms with van der Waals surface area (Å²) in [5.41, 5.74) is 1.07. The first kappa shape index (κ1) is 18.9. The minimum atomic E-state index is -3.76. The van der Waals surface area contributed by atoms with Crippen LogP contribution in [-0.4, -0.2) is 21.5 Å². The molecule has 0 spiro atoms. The summed E-state index contributed by atoms with van der Waals surface area (Å²) in [5, 5.41) is 1.67. The van der Waals surface area contributed by atoms with E-state index in [1.54, 1.807) is 55.0 Å². The lowest BCUT2D eigenvalue weighted by molar-refractivity contribution is 0.0473. The van der Waals surface area contributed by atoms with E-state index in [0.29, 0.717) is 5.75 Å². The minimum absolute atomic E-state index is 0.0437. The molecule has 0 saturated carbocycles. The molecule has 0 radical (unpaired) electrons. The molecule has 1 N–H and O–H groups in total. The van der Waals surface area contributed by atoms with Crippen molar-refractivity contribution in [3.05, 3.63) is 77.2 Å². The number of esters is 1. The second kappa shape index (κ2) is 8.24. The van der Waals surface area contributed by atoms with Gasteiger partial charge >= 0.3 is 5.97 Å². The maximum absolute atomic E-state index is 12.5. The molecule has 0 saturated heterocycles. The average Bonchev–Trinajstić information content (AvgIpc) is 3.22. The summed E-state index contributed by atoms with van der Waals surface area (Å²) in [5.74, 6) is 0.0370. The first-order chi connectivity index (χ1) is 13.0. The number of benzene rings is 2. The van der Waals surface area contributed by atoms with Gasteiger partial charge in [0.05, 0.1) is 18.4 Å². The number of thiophene rings is 1. The molecule has 3 rings (SSSR count). The van der Waals surface area contributed by atoms with E-state index in [1.165, 1.54) is 18.2 Å². The summed E-state index contributed by atoms with van der Waals surface area (Å²) in [6.07, 6.45) is 0. The highest BCUT2D eigenvalue weighted by molar-refractivity contribution is 7.94. The molecule has 140 valence electrons. The van der Waals surface area contributed by atoms with Crippen molar-refractivity contribution >= 4 is 33.0 Å². The average molecular weight is 403 g/mol. The SMILES string of the molecule is COc1cccc(COC(=O)c2ccccc2NS(=O)(=O)c2cccs2)c1. The predicted molar refractivity (Wildman–Crippen MR) is 104 cm³/mol. The van der Waals surface area contributed by atoms with Gasteiger partial charge in [0.1, 0.15) is 16.6 Å². The first-order valence-electron chi connectivity index (χ1n) is 7.95. The summed E-state index contributed by atoms with van der Waals surface area (Å²) in [6.45, 7) is 0.0437. The van der Waals surface area contributed by atoms with Gasteiger partial charge in [-0.15, -0.1) is 11.3 Å². The predicted octanol–water partition coefficient (Wildman–Crippen LogP) is 3.91.